The summed E-state index contributed by atoms with van der Waals surface area (Å²) in [4.78, 5) is 4.07. The normalized spacial score (nSPS) is 17.1. The average Bonchev–Trinajstić information content (AvgIpc) is 2.97. The zero-order valence-electron chi connectivity index (χ0n) is 10.0. The van der Waals surface area contributed by atoms with Crippen molar-refractivity contribution in [1.29, 1.82) is 5.26 Å². The molecule has 0 radical (unpaired) electrons. The highest BCUT2D eigenvalue weighted by Gasteiger charge is 2.63. The molecule has 1 heterocycles. The Morgan fingerprint density at radius 3 is 2.44 bits per heavy atom. The number of nitrogens with one attached hydrogen (secondary N) is 1. The molecule has 1 saturated carbocycles. The highest BCUT2D eigenvalue weighted by molar-refractivity contribution is 5.62. The molecule has 3 nitrogen and oxygen atoms in total. The largest absolute Gasteiger partial charge is 0.411 e. The molecule has 96 valence electrons. The number of nitrogens with zero attached hydrogens (tertiary/aromatic N) is 2. The van der Waals surface area contributed by atoms with Crippen LogP contribution in [0.1, 0.15) is 29.8 Å². The fraction of sp³-hybridized carbons (Fsp3) is 0.500. The maximum atomic E-state index is 12.9. The lowest BCUT2D eigenvalue weighted by atomic mass is 10.1. The number of rotatable bonds is 2. The molecule has 0 saturated heterocycles. The molecule has 0 aliphatic heterocycles. The second-order valence-electron chi connectivity index (χ2n) is 4.59. The molecule has 0 spiro atoms. The minimum atomic E-state index is -4.30. The number of halogens is 3. The number of alkyl halides is 3. The van der Waals surface area contributed by atoms with E-state index in [1.165, 1.54) is 6.07 Å². The summed E-state index contributed by atoms with van der Waals surface area (Å²) < 4.78 is 38.6. The van der Waals surface area contributed by atoms with Crippen LogP contribution >= 0.6 is 0 Å². The third kappa shape index (κ3) is 2.01. The van der Waals surface area contributed by atoms with E-state index in [9.17, 15) is 13.2 Å². The van der Waals surface area contributed by atoms with E-state index in [2.05, 4.69) is 10.3 Å². The molecule has 0 bridgehead atoms. The fourth-order valence-corrected chi connectivity index (χ4v) is 1.93. The maximum Gasteiger partial charge on any atom is 0.411 e. The predicted octanol–water partition coefficient (Wildman–Crippen LogP) is 3.08. The smallest absolute Gasteiger partial charge is 0.370 e. The first-order valence-corrected chi connectivity index (χ1v) is 5.52. The summed E-state index contributed by atoms with van der Waals surface area (Å²) in [5.41, 5.74) is -0.433. The summed E-state index contributed by atoms with van der Waals surface area (Å²) in [7, 11) is 0. The first kappa shape index (κ1) is 12.7. The number of aromatic nitrogens is 1. The summed E-state index contributed by atoms with van der Waals surface area (Å²) in [6.45, 7) is 3.30. The van der Waals surface area contributed by atoms with Crippen molar-refractivity contribution in [1.82, 2.24) is 4.98 Å². The van der Waals surface area contributed by atoms with E-state index < -0.39 is 11.7 Å². The molecule has 0 atom stereocenters. The van der Waals surface area contributed by atoms with Gasteiger partial charge >= 0.3 is 6.18 Å². The highest BCUT2D eigenvalue weighted by Crippen LogP contribution is 2.51. The fourth-order valence-electron chi connectivity index (χ4n) is 1.93. The first-order chi connectivity index (χ1) is 8.29. The molecule has 0 amide bonds. The molecule has 1 aliphatic rings. The maximum absolute atomic E-state index is 12.9. The van der Waals surface area contributed by atoms with Gasteiger partial charge in [-0.05, 0) is 32.8 Å². The number of aryl methyl sites for hydroxylation is 2. The van der Waals surface area contributed by atoms with E-state index in [0.29, 0.717) is 11.4 Å². The van der Waals surface area contributed by atoms with E-state index in [4.69, 9.17) is 5.26 Å². The van der Waals surface area contributed by atoms with Gasteiger partial charge in [-0.2, -0.15) is 18.4 Å². The third-order valence-corrected chi connectivity index (χ3v) is 3.11. The van der Waals surface area contributed by atoms with E-state index in [0.717, 1.165) is 0 Å². The molecule has 1 aromatic rings. The Balaban J connectivity index is 2.39. The van der Waals surface area contributed by atoms with Crippen LogP contribution in [-0.2, 0) is 0 Å². The number of nitriles is 1. The Labute approximate surface area is 103 Å². The summed E-state index contributed by atoms with van der Waals surface area (Å²) in [5.74, 6) is 0. The van der Waals surface area contributed by atoms with Crippen molar-refractivity contribution in [3.63, 3.8) is 0 Å². The van der Waals surface area contributed by atoms with Gasteiger partial charge < -0.3 is 5.32 Å². The van der Waals surface area contributed by atoms with Crippen LogP contribution in [0.3, 0.4) is 0 Å². The highest BCUT2D eigenvalue weighted by atomic mass is 19.4. The topological polar surface area (TPSA) is 48.7 Å². The van der Waals surface area contributed by atoms with Crippen molar-refractivity contribution in [3.8, 4) is 6.07 Å². The molecule has 1 N–H and O–H groups in total. The summed E-state index contributed by atoms with van der Waals surface area (Å²) in [6.07, 6.45) is -4.21. The van der Waals surface area contributed by atoms with Gasteiger partial charge in [-0.25, -0.2) is 0 Å². The van der Waals surface area contributed by atoms with Crippen LogP contribution < -0.4 is 5.32 Å². The van der Waals surface area contributed by atoms with Gasteiger partial charge in [0.2, 0.25) is 0 Å². The van der Waals surface area contributed by atoms with Crippen molar-refractivity contribution in [2.24, 2.45) is 0 Å². The van der Waals surface area contributed by atoms with E-state index in [1.807, 2.05) is 6.07 Å². The van der Waals surface area contributed by atoms with Crippen LogP contribution in [0.4, 0.5) is 18.9 Å². The SMILES string of the molecule is Cc1cc(NC2(C(F)(F)F)CC2)c(C#N)c(C)n1. The van der Waals surface area contributed by atoms with Gasteiger partial charge in [0.25, 0.3) is 0 Å². The second kappa shape index (κ2) is 3.87. The van der Waals surface area contributed by atoms with Crippen molar-refractivity contribution in [3.05, 3.63) is 23.0 Å². The van der Waals surface area contributed by atoms with Crippen LogP contribution in [0.25, 0.3) is 0 Å². The Morgan fingerprint density at radius 2 is 2.00 bits per heavy atom. The average molecular weight is 255 g/mol. The quantitative estimate of drug-likeness (QED) is 0.883. The standard InChI is InChI=1S/C12H12F3N3/c1-7-5-10(9(6-16)8(2)17-7)18-11(3-4-11)12(13,14)15/h5H,3-4H2,1-2H3,(H,17,18). The number of anilines is 1. The van der Waals surface area contributed by atoms with Crippen LogP contribution in [0.15, 0.2) is 6.07 Å². The molecule has 2 rings (SSSR count). The van der Waals surface area contributed by atoms with Gasteiger partial charge in [-0.3, -0.25) is 4.98 Å². The zero-order chi connectivity index (χ0) is 13.6. The Morgan fingerprint density at radius 1 is 1.39 bits per heavy atom. The number of pyridine rings is 1. The van der Waals surface area contributed by atoms with Crippen LogP contribution in [0.2, 0.25) is 0 Å². The van der Waals surface area contributed by atoms with Crippen molar-refractivity contribution < 1.29 is 13.2 Å². The van der Waals surface area contributed by atoms with Gasteiger partial charge in [-0.15, -0.1) is 0 Å². The zero-order valence-corrected chi connectivity index (χ0v) is 10.0. The van der Waals surface area contributed by atoms with Crippen molar-refractivity contribution in [2.75, 3.05) is 5.32 Å². The lowest BCUT2D eigenvalue weighted by Crippen LogP contribution is -2.39. The minimum Gasteiger partial charge on any atom is -0.370 e. The molecule has 18 heavy (non-hydrogen) atoms. The molecular weight excluding hydrogens is 243 g/mol. The Bertz CT molecular complexity index is 525. The van der Waals surface area contributed by atoms with E-state index >= 15 is 0 Å². The van der Waals surface area contributed by atoms with Crippen LogP contribution in [0, 0.1) is 25.2 Å². The summed E-state index contributed by atoms with van der Waals surface area (Å²) in [5, 5.41) is 11.5. The van der Waals surface area contributed by atoms with Crippen molar-refractivity contribution in [2.45, 2.75) is 38.4 Å². The molecular formula is C12H12F3N3. The molecule has 0 aromatic carbocycles. The van der Waals surface area contributed by atoms with Gasteiger partial charge in [0.15, 0.2) is 0 Å². The molecule has 1 fully saturated rings. The minimum absolute atomic E-state index is 0.0434. The van der Waals surface area contributed by atoms with Gasteiger partial charge in [0, 0.05) is 5.69 Å². The number of hydrogen-bond acceptors (Lipinski definition) is 3. The third-order valence-electron chi connectivity index (χ3n) is 3.11. The molecule has 1 aromatic heterocycles. The Hall–Kier alpha value is -1.77. The Kier molecular flexibility index (Phi) is 2.73. The monoisotopic (exact) mass is 255 g/mol. The first-order valence-electron chi connectivity index (χ1n) is 5.52. The lowest BCUT2D eigenvalue weighted by molar-refractivity contribution is -0.151. The molecule has 6 heteroatoms. The predicted molar refractivity (Wildman–Crippen MR) is 60.1 cm³/mol. The van der Waals surface area contributed by atoms with Crippen molar-refractivity contribution >= 4 is 5.69 Å². The number of hydrogen-bond donors (Lipinski definition) is 1. The van der Waals surface area contributed by atoms with Gasteiger partial charge in [0.05, 0.1) is 16.9 Å². The molecule has 1 aliphatic carbocycles. The van der Waals surface area contributed by atoms with E-state index in [-0.39, 0.29) is 24.1 Å². The van der Waals surface area contributed by atoms with Crippen LogP contribution in [0.5, 0.6) is 0 Å². The molecule has 0 unspecified atom stereocenters. The summed E-state index contributed by atoms with van der Waals surface area (Å²) >= 11 is 0. The van der Waals surface area contributed by atoms with Gasteiger partial charge in [-0.1, -0.05) is 0 Å². The van der Waals surface area contributed by atoms with Crippen LogP contribution in [-0.4, -0.2) is 16.7 Å². The second-order valence-corrected chi connectivity index (χ2v) is 4.59. The van der Waals surface area contributed by atoms with E-state index in [1.54, 1.807) is 13.8 Å². The van der Waals surface area contributed by atoms with Gasteiger partial charge in [0.1, 0.15) is 11.6 Å². The summed E-state index contributed by atoms with van der Waals surface area (Å²) in [6, 6.07) is 3.38. The lowest BCUT2D eigenvalue weighted by Gasteiger charge is -2.23.